The van der Waals surface area contributed by atoms with E-state index in [9.17, 15) is 0 Å². The summed E-state index contributed by atoms with van der Waals surface area (Å²) in [5, 5.41) is 9.15. The summed E-state index contributed by atoms with van der Waals surface area (Å²) in [6.07, 6.45) is 0. The Morgan fingerprint density at radius 2 is 1.00 bits per heavy atom. The first kappa shape index (κ1) is 34.5. The average Bonchev–Trinajstić information content (AvgIpc) is 4.02. The number of benzene rings is 10. The summed E-state index contributed by atoms with van der Waals surface area (Å²) in [5.41, 5.74) is 14.7. The molecule has 10 aromatic carbocycles. The number of anilines is 3. The fourth-order valence-electron chi connectivity index (χ4n) is 9.76. The molecule has 0 fully saturated rings. The van der Waals surface area contributed by atoms with E-state index in [1.807, 2.05) is 12.1 Å². The third-order valence-electron chi connectivity index (χ3n) is 12.6. The van der Waals surface area contributed by atoms with Crippen LogP contribution in [0.4, 0.5) is 17.1 Å². The van der Waals surface area contributed by atoms with Crippen molar-refractivity contribution in [3.05, 3.63) is 218 Å². The Bertz CT molecular complexity index is 3830. The van der Waals surface area contributed by atoms with E-state index in [4.69, 9.17) is 8.83 Å². The van der Waals surface area contributed by atoms with E-state index in [0.717, 1.165) is 99.7 Å². The minimum absolute atomic E-state index is 0.851. The fraction of sp³-hybridized carbons (Fsp3) is 0. The third-order valence-corrected chi connectivity index (χ3v) is 12.6. The summed E-state index contributed by atoms with van der Waals surface area (Å²) < 4.78 is 15.4. The van der Waals surface area contributed by atoms with E-state index in [0.29, 0.717) is 0 Å². The van der Waals surface area contributed by atoms with Gasteiger partial charge in [-0.05, 0) is 101 Å². The van der Waals surface area contributed by atoms with Crippen molar-refractivity contribution in [1.29, 1.82) is 0 Å². The topological polar surface area (TPSA) is 34.5 Å². The SMILES string of the molecule is c1cc(-c2ccc3oc4ccccc4c3c2)cc(N(c2ccc(-c3ccccc3-n3c4ccccc4c4ccccc43)cc2)c2cccc3oc4c5ccccc5ccc4c23)c1. The van der Waals surface area contributed by atoms with Gasteiger partial charge in [0.15, 0.2) is 0 Å². The zero-order chi connectivity index (χ0) is 40.7. The number of fused-ring (bicyclic) bond motifs is 11. The molecular formula is C58H36N2O2. The Morgan fingerprint density at radius 1 is 0.355 bits per heavy atom. The Balaban J connectivity index is 0.994. The molecule has 0 N–H and O–H groups in total. The van der Waals surface area contributed by atoms with Crippen LogP contribution in [0.3, 0.4) is 0 Å². The van der Waals surface area contributed by atoms with Crippen LogP contribution >= 0.6 is 0 Å². The fourth-order valence-corrected chi connectivity index (χ4v) is 9.76. The minimum atomic E-state index is 0.851. The molecule has 0 bridgehead atoms. The van der Waals surface area contributed by atoms with E-state index in [1.165, 1.54) is 21.8 Å². The van der Waals surface area contributed by atoms with E-state index >= 15 is 0 Å². The van der Waals surface area contributed by atoms with E-state index in [2.05, 4.69) is 216 Å². The maximum Gasteiger partial charge on any atom is 0.143 e. The van der Waals surface area contributed by atoms with Crippen LogP contribution in [0.1, 0.15) is 0 Å². The van der Waals surface area contributed by atoms with Gasteiger partial charge in [0.25, 0.3) is 0 Å². The van der Waals surface area contributed by atoms with Crippen molar-refractivity contribution in [1.82, 2.24) is 4.57 Å². The molecule has 0 saturated carbocycles. The summed E-state index contributed by atoms with van der Waals surface area (Å²) >= 11 is 0. The van der Waals surface area contributed by atoms with Crippen molar-refractivity contribution in [3.8, 4) is 27.9 Å². The molecule has 13 rings (SSSR count). The van der Waals surface area contributed by atoms with Gasteiger partial charge in [0, 0.05) is 49.3 Å². The van der Waals surface area contributed by atoms with Crippen molar-refractivity contribution < 1.29 is 8.83 Å². The van der Waals surface area contributed by atoms with Gasteiger partial charge in [-0.1, -0.05) is 140 Å². The molecule has 0 aliphatic heterocycles. The number of hydrogen-bond donors (Lipinski definition) is 0. The highest BCUT2D eigenvalue weighted by Gasteiger charge is 2.22. The highest BCUT2D eigenvalue weighted by molar-refractivity contribution is 6.20. The molecule has 3 heterocycles. The van der Waals surface area contributed by atoms with E-state index in [1.54, 1.807) is 0 Å². The summed E-state index contributed by atoms with van der Waals surface area (Å²) in [4.78, 5) is 2.38. The van der Waals surface area contributed by atoms with Crippen molar-refractivity contribution in [2.75, 3.05) is 4.90 Å². The van der Waals surface area contributed by atoms with Crippen molar-refractivity contribution in [2.45, 2.75) is 0 Å². The highest BCUT2D eigenvalue weighted by Crippen LogP contribution is 2.46. The molecule has 62 heavy (non-hydrogen) atoms. The van der Waals surface area contributed by atoms with Gasteiger partial charge in [0.2, 0.25) is 0 Å². The maximum absolute atomic E-state index is 6.74. The van der Waals surface area contributed by atoms with Crippen LogP contribution in [0.2, 0.25) is 0 Å². The number of aromatic nitrogens is 1. The van der Waals surface area contributed by atoms with Gasteiger partial charge in [0.1, 0.15) is 22.3 Å². The normalized spacial score (nSPS) is 11.9. The number of furan rings is 2. The van der Waals surface area contributed by atoms with Crippen LogP contribution < -0.4 is 4.90 Å². The Hall–Kier alpha value is -8.34. The van der Waals surface area contributed by atoms with Crippen LogP contribution in [-0.2, 0) is 0 Å². The Kier molecular flexibility index (Phi) is 7.57. The van der Waals surface area contributed by atoms with E-state index in [-0.39, 0.29) is 0 Å². The lowest BCUT2D eigenvalue weighted by Crippen LogP contribution is -2.10. The third kappa shape index (κ3) is 5.27. The van der Waals surface area contributed by atoms with Crippen molar-refractivity contribution in [3.63, 3.8) is 0 Å². The van der Waals surface area contributed by atoms with Gasteiger partial charge in [-0.2, -0.15) is 0 Å². The lowest BCUT2D eigenvalue weighted by molar-refractivity contribution is 0.669. The number of rotatable bonds is 6. The van der Waals surface area contributed by atoms with Crippen LogP contribution in [0.5, 0.6) is 0 Å². The Morgan fingerprint density at radius 3 is 1.84 bits per heavy atom. The molecule has 290 valence electrons. The molecule has 0 amide bonds. The van der Waals surface area contributed by atoms with Gasteiger partial charge in [-0.15, -0.1) is 0 Å². The van der Waals surface area contributed by atoms with Crippen LogP contribution in [0.25, 0.3) is 104 Å². The van der Waals surface area contributed by atoms with Gasteiger partial charge in [-0.3, -0.25) is 0 Å². The quantitative estimate of drug-likeness (QED) is 0.168. The van der Waals surface area contributed by atoms with Crippen molar-refractivity contribution in [2.24, 2.45) is 0 Å². The molecule has 0 unspecified atom stereocenters. The molecule has 0 spiro atoms. The zero-order valence-corrected chi connectivity index (χ0v) is 33.5. The summed E-state index contributed by atoms with van der Waals surface area (Å²) in [7, 11) is 0. The Labute approximate surface area is 356 Å². The number of hydrogen-bond acceptors (Lipinski definition) is 3. The molecule has 13 aromatic rings. The predicted octanol–water partition coefficient (Wildman–Crippen LogP) is 16.5. The molecule has 4 heteroatoms. The second-order valence-electron chi connectivity index (χ2n) is 16.0. The smallest absolute Gasteiger partial charge is 0.143 e. The van der Waals surface area contributed by atoms with Crippen LogP contribution in [-0.4, -0.2) is 4.57 Å². The summed E-state index contributed by atoms with van der Waals surface area (Å²) in [5.74, 6) is 0. The van der Waals surface area contributed by atoms with Gasteiger partial charge in [0.05, 0.1) is 27.8 Å². The lowest BCUT2D eigenvalue weighted by Gasteiger charge is -2.27. The molecule has 0 radical (unpaired) electrons. The summed E-state index contributed by atoms with van der Waals surface area (Å²) in [6, 6.07) is 78.1. The van der Waals surface area contributed by atoms with Gasteiger partial charge < -0.3 is 18.3 Å². The van der Waals surface area contributed by atoms with Crippen LogP contribution in [0, 0.1) is 0 Å². The number of nitrogens with zero attached hydrogens (tertiary/aromatic N) is 2. The molecular weight excluding hydrogens is 757 g/mol. The van der Waals surface area contributed by atoms with Gasteiger partial charge >= 0.3 is 0 Å². The minimum Gasteiger partial charge on any atom is -0.456 e. The van der Waals surface area contributed by atoms with E-state index < -0.39 is 0 Å². The molecule has 0 saturated heterocycles. The van der Waals surface area contributed by atoms with Gasteiger partial charge in [-0.25, -0.2) is 0 Å². The standard InChI is InChI=1S/C58H36N2O2/c1-2-17-44-37(13-1)29-33-48-57-53(24-12-26-56(57)62-58(44)48)59(42-15-11-14-39(35-42)40-30-34-55-49(36-40)47-20-6-10-25-54(47)61-55)41-31-27-38(28-32-41)43-16-3-7-21-50(43)60-51-22-8-4-18-45(51)46-19-5-9-23-52(46)60/h1-36H. The molecule has 3 aromatic heterocycles. The molecule has 0 aliphatic carbocycles. The number of para-hydroxylation sites is 4. The molecule has 0 aliphatic rings. The first-order valence-electron chi connectivity index (χ1n) is 21.1. The monoisotopic (exact) mass is 792 g/mol. The second-order valence-corrected chi connectivity index (χ2v) is 16.0. The lowest BCUT2D eigenvalue weighted by atomic mass is 10.00. The highest BCUT2D eigenvalue weighted by atomic mass is 16.3. The zero-order valence-electron chi connectivity index (χ0n) is 33.5. The second kappa shape index (κ2) is 13.6. The summed E-state index contributed by atoms with van der Waals surface area (Å²) in [6.45, 7) is 0. The first-order chi connectivity index (χ1) is 30.7. The average molecular weight is 793 g/mol. The van der Waals surface area contributed by atoms with Crippen LogP contribution in [0.15, 0.2) is 227 Å². The molecule has 0 atom stereocenters. The largest absolute Gasteiger partial charge is 0.456 e. The predicted molar refractivity (Wildman–Crippen MR) is 258 cm³/mol. The first-order valence-corrected chi connectivity index (χ1v) is 21.1. The molecule has 4 nitrogen and oxygen atoms in total. The van der Waals surface area contributed by atoms with Crippen molar-refractivity contribution >= 4 is 93.5 Å². The maximum atomic E-state index is 6.74.